The largest absolute Gasteiger partial charge is 0.496 e. The topological polar surface area (TPSA) is 87.7 Å². The number of rotatable bonds is 4. The Kier molecular flexibility index (Phi) is 6.74. The molecule has 2 aromatic carbocycles. The summed E-state index contributed by atoms with van der Waals surface area (Å²) in [4.78, 5) is 38.9. The highest BCUT2D eigenvalue weighted by molar-refractivity contribution is 6.30. The molecule has 1 aliphatic rings. The van der Waals surface area contributed by atoms with Gasteiger partial charge in [0.15, 0.2) is 0 Å². The van der Waals surface area contributed by atoms with Gasteiger partial charge in [0.2, 0.25) is 5.91 Å². The van der Waals surface area contributed by atoms with Crippen LogP contribution in [0.4, 0.5) is 4.79 Å². The predicted octanol–water partition coefficient (Wildman–Crippen LogP) is 3.16. The van der Waals surface area contributed by atoms with E-state index in [0.717, 1.165) is 10.5 Å². The van der Waals surface area contributed by atoms with Crippen LogP contribution in [0.1, 0.15) is 24.1 Å². The normalized spacial score (nSPS) is 16.6. The smallest absolute Gasteiger partial charge is 0.325 e. The van der Waals surface area contributed by atoms with E-state index < -0.39 is 17.8 Å². The van der Waals surface area contributed by atoms with E-state index in [1.54, 1.807) is 24.3 Å². The zero-order valence-electron chi connectivity index (χ0n) is 16.6. The molecule has 0 aromatic heterocycles. The molecule has 3 rings (SSSR count). The highest BCUT2D eigenvalue weighted by Gasteiger charge is 2.31. The third-order valence-electron chi connectivity index (χ3n) is 4.70. The van der Waals surface area contributed by atoms with E-state index in [2.05, 4.69) is 10.6 Å². The van der Waals surface area contributed by atoms with Gasteiger partial charge in [-0.15, -0.1) is 0 Å². The summed E-state index contributed by atoms with van der Waals surface area (Å²) in [7, 11) is 1.51. The first-order chi connectivity index (χ1) is 14.4. The molecule has 7 nitrogen and oxygen atoms in total. The van der Waals surface area contributed by atoms with Crippen LogP contribution in [0.5, 0.6) is 5.75 Å². The number of urea groups is 1. The average Bonchev–Trinajstić information content (AvgIpc) is 2.88. The lowest BCUT2D eigenvalue weighted by Gasteiger charge is -2.22. The van der Waals surface area contributed by atoms with E-state index >= 15 is 0 Å². The maximum absolute atomic E-state index is 13.1. The molecule has 1 aliphatic heterocycles. The van der Waals surface area contributed by atoms with E-state index in [0.29, 0.717) is 16.3 Å². The molecule has 0 bridgehead atoms. The van der Waals surface area contributed by atoms with Crippen molar-refractivity contribution in [3.05, 3.63) is 70.3 Å². The molecule has 0 spiro atoms. The van der Waals surface area contributed by atoms with Crippen LogP contribution in [-0.2, 0) is 9.59 Å². The standard InChI is InChI=1S/C22H22ClN3O4/c1-14(15-6-4-3-5-7-15)25-22(29)26-13-20(27)24-12-17(21(26)28)10-16-11-18(23)8-9-19(16)30-2/h3-11,14H,12-13H2,1-2H3,(H,24,27)(H,25,29)/b17-10+/t14-/m0/s1. The number of carbonyl (C=O) groups is 3. The van der Waals surface area contributed by atoms with Crippen molar-refractivity contribution in [2.45, 2.75) is 13.0 Å². The molecule has 2 aromatic rings. The molecule has 8 heteroatoms. The van der Waals surface area contributed by atoms with E-state index in [4.69, 9.17) is 16.3 Å². The summed E-state index contributed by atoms with van der Waals surface area (Å²) in [6, 6.07) is 13.4. The molecular weight excluding hydrogens is 406 g/mol. The number of ether oxygens (including phenoxy) is 1. The summed E-state index contributed by atoms with van der Waals surface area (Å²) in [5.74, 6) is -0.468. The molecule has 1 saturated heterocycles. The zero-order chi connectivity index (χ0) is 21.7. The summed E-state index contributed by atoms with van der Waals surface area (Å²) >= 11 is 6.06. The minimum absolute atomic E-state index is 0.00858. The monoisotopic (exact) mass is 427 g/mol. The van der Waals surface area contributed by atoms with Gasteiger partial charge in [-0.05, 0) is 36.8 Å². The molecule has 0 radical (unpaired) electrons. The van der Waals surface area contributed by atoms with Gasteiger partial charge < -0.3 is 15.4 Å². The Bertz CT molecular complexity index is 991. The van der Waals surface area contributed by atoms with Crippen LogP contribution in [0.3, 0.4) is 0 Å². The van der Waals surface area contributed by atoms with Crippen LogP contribution in [-0.4, -0.2) is 42.9 Å². The van der Waals surface area contributed by atoms with Gasteiger partial charge in [-0.25, -0.2) is 4.79 Å². The molecule has 1 fully saturated rings. The zero-order valence-corrected chi connectivity index (χ0v) is 17.4. The van der Waals surface area contributed by atoms with Crippen LogP contribution in [0.2, 0.25) is 5.02 Å². The fraction of sp³-hybridized carbons (Fsp3) is 0.227. The van der Waals surface area contributed by atoms with Crippen molar-refractivity contribution in [3.8, 4) is 5.75 Å². The highest BCUT2D eigenvalue weighted by Crippen LogP contribution is 2.25. The van der Waals surface area contributed by atoms with Crippen molar-refractivity contribution < 1.29 is 19.1 Å². The number of imide groups is 1. The fourth-order valence-electron chi connectivity index (χ4n) is 3.08. The Balaban J connectivity index is 1.86. The average molecular weight is 428 g/mol. The first-order valence-electron chi connectivity index (χ1n) is 9.37. The summed E-state index contributed by atoms with van der Waals surface area (Å²) in [5.41, 5.74) is 1.70. The van der Waals surface area contributed by atoms with Crippen molar-refractivity contribution in [2.24, 2.45) is 0 Å². The number of nitrogens with zero attached hydrogens (tertiary/aromatic N) is 1. The van der Waals surface area contributed by atoms with Crippen LogP contribution >= 0.6 is 11.6 Å². The number of halogens is 1. The van der Waals surface area contributed by atoms with E-state index in [1.165, 1.54) is 7.11 Å². The highest BCUT2D eigenvalue weighted by atomic mass is 35.5. The molecule has 0 aliphatic carbocycles. The number of carbonyl (C=O) groups excluding carboxylic acids is 3. The van der Waals surface area contributed by atoms with Crippen LogP contribution in [0.25, 0.3) is 6.08 Å². The second-order valence-corrected chi connectivity index (χ2v) is 7.24. The third kappa shape index (κ3) is 4.99. The predicted molar refractivity (Wildman–Crippen MR) is 114 cm³/mol. The summed E-state index contributed by atoms with van der Waals surface area (Å²) < 4.78 is 5.31. The van der Waals surface area contributed by atoms with Gasteiger partial charge in [0.05, 0.1) is 13.2 Å². The van der Waals surface area contributed by atoms with Gasteiger partial charge in [0, 0.05) is 22.7 Å². The number of amides is 4. The van der Waals surface area contributed by atoms with Gasteiger partial charge in [0.25, 0.3) is 5.91 Å². The Labute approximate surface area is 179 Å². The number of hydrogen-bond donors (Lipinski definition) is 2. The van der Waals surface area contributed by atoms with Crippen LogP contribution in [0, 0.1) is 0 Å². The number of benzene rings is 2. The van der Waals surface area contributed by atoms with E-state index in [1.807, 2.05) is 37.3 Å². The molecule has 4 amide bonds. The lowest BCUT2D eigenvalue weighted by Crippen LogP contribution is -2.46. The second-order valence-electron chi connectivity index (χ2n) is 6.81. The van der Waals surface area contributed by atoms with Gasteiger partial charge >= 0.3 is 6.03 Å². The lowest BCUT2D eigenvalue weighted by molar-refractivity contribution is -0.128. The lowest BCUT2D eigenvalue weighted by atomic mass is 10.1. The number of hydrogen-bond acceptors (Lipinski definition) is 4. The SMILES string of the molecule is COc1ccc(Cl)cc1/C=C1\CNC(=O)CN(C(=O)N[C@@H](C)c2ccccc2)C1=O. The summed E-state index contributed by atoms with van der Waals surface area (Å²) in [6.45, 7) is 1.44. The quantitative estimate of drug-likeness (QED) is 0.733. The van der Waals surface area contributed by atoms with Crippen LogP contribution < -0.4 is 15.4 Å². The summed E-state index contributed by atoms with van der Waals surface area (Å²) in [6.07, 6.45) is 1.57. The molecule has 0 unspecified atom stereocenters. The molecule has 156 valence electrons. The van der Waals surface area contributed by atoms with Gasteiger partial charge in [-0.1, -0.05) is 41.9 Å². The fourth-order valence-corrected chi connectivity index (χ4v) is 3.27. The maximum atomic E-state index is 13.1. The minimum atomic E-state index is -0.641. The van der Waals surface area contributed by atoms with E-state index in [-0.39, 0.29) is 24.7 Å². The maximum Gasteiger partial charge on any atom is 0.325 e. The summed E-state index contributed by atoms with van der Waals surface area (Å²) in [5, 5.41) is 5.89. The van der Waals surface area contributed by atoms with Crippen molar-refractivity contribution in [1.82, 2.24) is 15.5 Å². The Morgan fingerprint density at radius 2 is 1.97 bits per heavy atom. The minimum Gasteiger partial charge on any atom is -0.496 e. The Morgan fingerprint density at radius 3 is 2.67 bits per heavy atom. The second kappa shape index (κ2) is 9.45. The third-order valence-corrected chi connectivity index (χ3v) is 4.94. The first-order valence-corrected chi connectivity index (χ1v) is 9.75. The van der Waals surface area contributed by atoms with Crippen LogP contribution in [0.15, 0.2) is 54.1 Å². The Hall–Kier alpha value is -3.32. The van der Waals surface area contributed by atoms with Gasteiger partial charge in [-0.3, -0.25) is 14.5 Å². The van der Waals surface area contributed by atoms with E-state index in [9.17, 15) is 14.4 Å². The van der Waals surface area contributed by atoms with Crippen molar-refractivity contribution >= 4 is 35.5 Å². The number of methoxy groups -OCH3 is 1. The molecule has 30 heavy (non-hydrogen) atoms. The molecule has 2 N–H and O–H groups in total. The molecule has 0 saturated carbocycles. The van der Waals surface area contributed by atoms with Crippen molar-refractivity contribution in [1.29, 1.82) is 0 Å². The van der Waals surface area contributed by atoms with Gasteiger partial charge in [0.1, 0.15) is 12.3 Å². The van der Waals surface area contributed by atoms with Crippen molar-refractivity contribution in [3.63, 3.8) is 0 Å². The molecule has 1 atom stereocenters. The number of nitrogens with one attached hydrogen (secondary N) is 2. The molecular formula is C22H22ClN3O4. The van der Waals surface area contributed by atoms with Gasteiger partial charge in [-0.2, -0.15) is 0 Å². The van der Waals surface area contributed by atoms with Crippen molar-refractivity contribution in [2.75, 3.05) is 20.2 Å². The Morgan fingerprint density at radius 1 is 1.23 bits per heavy atom. The first kappa shape index (κ1) is 21.4. The molecule has 1 heterocycles.